The number of benzene rings is 2. The molecule has 2 aromatic carbocycles. The van der Waals surface area contributed by atoms with Gasteiger partial charge >= 0.3 is 0 Å². The highest BCUT2D eigenvalue weighted by atomic mass is 16.3. The number of aliphatic hydroxyl groups is 1. The van der Waals surface area contributed by atoms with E-state index in [0.717, 1.165) is 12.0 Å². The molecule has 2 atom stereocenters. The van der Waals surface area contributed by atoms with Crippen LogP contribution in [0.25, 0.3) is 0 Å². The summed E-state index contributed by atoms with van der Waals surface area (Å²) >= 11 is 0. The average molecular weight is 340 g/mol. The molecule has 1 heteroatoms. The lowest BCUT2D eigenvalue weighted by atomic mass is 9.72. The molecule has 4 rings (SSSR count). The van der Waals surface area contributed by atoms with Gasteiger partial charge in [0.1, 0.15) is 5.60 Å². The first-order chi connectivity index (χ1) is 12.8. The third kappa shape index (κ3) is 3.23. The van der Waals surface area contributed by atoms with Crippen LogP contribution in [-0.4, -0.2) is 5.11 Å². The molecule has 0 radical (unpaired) electrons. The fraction of sp³-hybridized carbons (Fsp3) is 0.200. The van der Waals surface area contributed by atoms with E-state index in [0.29, 0.717) is 6.42 Å². The monoisotopic (exact) mass is 340 g/mol. The molecular formula is C25H24O. The maximum Gasteiger partial charge on any atom is 0.100 e. The number of allylic oxidation sites excluding steroid dienone is 6. The topological polar surface area (TPSA) is 20.2 Å². The normalized spacial score (nSPS) is 19.5. The van der Waals surface area contributed by atoms with Gasteiger partial charge in [0.2, 0.25) is 0 Å². The van der Waals surface area contributed by atoms with Gasteiger partial charge in [-0.25, -0.2) is 0 Å². The molecule has 2 unspecified atom stereocenters. The summed E-state index contributed by atoms with van der Waals surface area (Å²) in [4.78, 5) is 0. The van der Waals surface area contributed by atoms with E-state index in [1.807, 2.05) is 48.6 Å². The highest BCUT2D eigenvalue weighted by Crippen LogP contribution is 2.44. The van der Waals surface area contributed by atoms with Gasteiger partial charge < -0.3 is 5.11 Å². The third-order valence-electron chi connectivity index (χ3n) is 5.49. The Morgan fingerprint density at radius 2 is 1.58 bits per heavy atom. The molecule has 0 heterocycles. The van der Waals surface area contributed by atoms with Crippen molar-refractivity contribution in [2.24, 2.45) is 5.92 Å². The molecule has 0 aromatic heterocycles. The summed E-state index contributed by atoms with van der Waals surface area (Å²) < 4.78 is 0. The SMILES string of the molecule is OC(CC(C1=CCC=C1)c1ccccc1)(c1ccccc1)C1C=CC=C1. The molecule has 0 amide bonds. The maximum atomic E-state index is 11.9. The molecule has 2 aliphatic carbocycles. The molecule has 0 fully saturated rings. The van der Waals surface area contributed by atoms with Crippen LogP contribution in [0.15, 0.2) is 109 Å². The van der Waals surface area contributed by atoms with Crippen LogP contribution in [-0.2, 0) is 5.60 Å². The molecular weight excluding hydrogens is 316 g/mol. The van der Waals surface area contributed by atoms with Crippen molar-refractivity contribution < 1.29 is 5.11 Å². The van der Waals surface area contributed by atoms with Crippen LogP contribution in [0.5, 0.6) is 0 Å². The van der Waals surface area contributed by atoms with Gasteiger partial charge in [-0.05, 0) is 29.5 Å². The van der Waals surface area contributed by atoms with E-state index >= 15 is 0 Å². The van der Waals surface area contributed by atoms with Crippen molar-refractivity contribution in [3.63, 3.8) is 0 Å². The zero-order valence-corrected chi connectivity index (χ0v) is 14.8. The standard InChI is InChI=1S/C25H24O/c26-25(23-17-9-10-18-23,22-15-5-2-6-16-22)19-24(21-13-7-8-14-21)20-11-3-1-4-12-20/h1-7,9-18,23-24,26H,8,19H2. The molecule has 0 bridgehead atoms. The van der Waals surface area contributed by atoms with E-state index in [1.165, 1.54) is 11.1 Å². The first-order valence-electron chi connectivity index (χ1n) is 9.32. The molecule has 0 saturated heterocycles. The largest absolute Gasteiger partial charge is 0.384 e. The highest BCUT2D eigenvalue weighted by molar-refractivity contribution is 5.41. The van der Waals surface area contributed by atoms with Gasteiger partial charge in [0, 0.05) is 11.8 Å². The fourth-order valence-corrected chi connectivity index (χ4v) is 4.08. The summed E-state index contributed by atoms with van der Waals surface area (Å²) in [5.41, 5.74) is 2.59. The van der Waals surface area contributed by atoms with Gasteiger partial charge in [-0.2, -0.15) is 0 Å². The predicted molar refractivity (Wildman–Crippen MR) is 108 cm³/mol. The Morgan fingerprint density at radius 1 is 0.923 bits per heavy atom. The van der Waals surface area contributed by atoms with Gasteiger partial charge in [0.15, 0.2) is 0 Å². The molecule has 2 aliphatic rings. The van der Waals surface area contributed by atoms with Crippen LogP contribution in [0.4, 0.5) is 0 Å². The Kier molecular flexibility index (Phi) is 4.73. The lowest BCUT2D eigenvalue weighted by molar-refractivity contribution is -0.00130. The van der Waals surface area contributed by atoms with E-state index in [-0.39, 0.29) is 11.8 Å². The Bertz CT molecular complexity index is 846. The van der Waals surface area contributed by atoms with Crippen molar-refractivity contribution in [1.82, 2.24) is 0 Å². The quantitative estimate of drug-likeness (QED) is 0.717. The summed E-state index contributed by atoms with van der Waals surface area (Å²) in [7, 11) is 0. The second kappa shape index (κ2) is 7.31. The Balaban J connectivity index is 1.76. The van der Waals surface area contributed by atoms with Crippen molar-refractivity contribution >= 4 is 0 Å². The van der Waals surface area contributed by atoms with E-state index in [2.05, 4.69) is 54.6 Å². The molecule has 26 heavy (non-hydrogen) atoms. The van der Waals surface area contributed by atoms with Gasteiger partial charge in [-0.1, -0.05) is 103 Å². The van der Waals surface area contributed by atoms with E-state index in [1.54, 1.807) is 0 Å². The van der Waals surface area contributed by atoms with Crippen LogP contribution < -0.4 is 0 Å². The first-order valence-corrected chi connectivity index (χ1v) is 9.32. The van der Waals surface area contributed by atoms with Crippen molar-refractivity contribution in [2.45, 2.75) is 24.4 Å². The van der Waals surface area contributed by atoms with Gasteiger partial charge in [-0.3, -0.25) is 0 Å². The number of hydrogen-bond acceptors (Lipinski definition) is 1. The number of rotatable bonds is 6. The molecule has 1 nitrogen and oxygen atoms in total. The summed E-state index contributed by atoms with van der Waals surface area (Å²) in [6.07, 6.45) is 16.6. The van der Waals surface area contributed by atoms with E-state index in [9.17, 15) is 5.11 Å². The fourth-order valence-electron chi connectivity index (χ4n) is 4.08. The predicted octanol–water partition coefficient (Wildman–Crippen LogP) is 5.68. The molecule has 130 valence electrons. The second-order valence-corrected chi connectivity index (χ2v) is 7.10. The van der Waals surface area contributed by atoms with Gasteiger partial charge in [-0.15, -0.1) is 0 Å². The van der Waals surface area contributed by atoms with Crippen molar-refractivity contribution in [3.8, 4) is 0 Å². The second-order valence-electron chi connectivity index (χ2n) is 7.10. The van der Waals surface area contributed by atoms with Crippen LogP contribution in [0.1, 0.15) is 29.9 Å². The molecule has 0 spiro atoms. The average Bonchev–Trinajstić information content (AvgIpc) is 3.41. The minimum Gasteiger partial charge on any atom is -0.384 e. The minimum absolute atomic E-state index is 0.0119. The molecule has 1 N–H and O–H groups in total. The smallest absolute Gasteiger partial charge is 0.100 e. The lowest BCUT2D eigenvalue weighted by Crippen LogP contribution is -2.35. The van der Waals surface area contributed by atoms with Crippen LogP contribution >= 0.6 is 0 Å². The Morgan fingerprint density at radius 3 is 2.19 bits per heavy atom. The van der Waals surface area contributed by atoms with Crippen molar-refractivity contribution in [2.75, 3.05) is 0 Å². The van der Waals surface area contributed by atoms with E-state index in [4.69, 9.17) is 0 Å². The summed E-state index contributed by atoms with van der Waals surface area (Å²) in [5.74, 6) is 0.157. The number of hydrogen-bond donors (Lipinski definition) is 1. The zero-order valence-electron chi connectivity index (χ0n) is 14.8. The highest BCUT2D eigenvalue weighted by Gasteiger charge is 2.39. The molecule has 2 aromatic rings. The van der Waals surface area contributed by atoms with Crippen LogP contribution in [0.2, 0.25) is 0 Å². The third-order valence-corrected chi connectivity index (χ3v) is 5.49. The summed E-state index contributed by atoms with van der Waals surface area (Å²) in [6, 6.07) is 20.7. The Labute approximate surface area is 155 Å². The first kappa shape index (κ1) is 16.8. The van der Waals surface area contributed by atoms with Crippen molar-refractivity contribution in [3.05, 3.63) is 120 Å². The summed E-state index contributed by atoms with van der Waals surface area (Å²) in [6.45, 7) is 0. The van der Waals surface area contributed by atoms with Gasteiger partial charge in [0.05, 0.1) is 0 Å². The maximum absolute atomic E-state index is 11.9. The van der Waals surface area contributed by atoms with Crippen molar-refractivity contribution in [1.29, 1.82) is 0 Å². The molecule has 0 aliphatic heterocycles. The molecule has 0 saturated carbocycles. The van der Waals surface area contributed by atoms with E-state index < -0.39 is 5.60 Å². The zero-order chi connectivity index (χ0) is 17.8. The van der Waals surface area contributed by atoms with Gasteiger partial charge in [0.25, 0.3) is 0 Å². The summed E-state index contributed by atoms with van der Waals surface area (Å²) in [5, 5.41) is 11.9. The Hall–Kier alpha value is -2.64. The van der Waals surface area contributed by atoms with Crippen LogP contribution in [0, 0.1) is 5.92 Å². The lowest BCUT2D eigenvalue weighted by Gasteiger charge is -2.36. The minimum atomic E-state index is -0.942. The van der Waals surface area contributed by atoms with Crippen LogP contribution in [0.3, 0.4) is 0 Å².